The maximum atomic E-state index is 16.1. The van der Waals surface area contributed by atoms with E-state index in [1.807, 2.05) is 18.2 Å². The van der Waals surface area contributed by atoms with E-state index in [4.69, 9.17) is 14.2 Å². The maximum absolute atomic E-state index is 16.1. The number of nitrogens with zero attached hydrogens (tertiary/aromatic N) is 3. The Hall–Kier alpha value is -3.67. The van der Waals surface area contributed by atoms with Crippen LogP contribution < -0.4 is 18.5 Å². The average molecular weight is 624 g/mol. The van der Waals surface area contributed by atoms with Gasteiger partial charge in [-0.3, -0.25) is 4.90 Å². The molecule has 4 aromatic rings. The Morgan fingerprint density at radius 2 is 1.88 bits per heavy atom. The predicted octanol–water partition coefficient (Wildman–Crippen LogP) is 6.75. The summed E-state index contributed by atoms with van der Waals surface area (Å²) >= 11 is 1.15. The van der Waals surface area contributed by atoms with Gasteiger partial charge in [0.25, 0.3) is 10.0 Å². The van der Waals surface area contributed by atoms with Crippen LogP contribution in [0, 0.1) is 5.82 Å². The van der Waals surface area contributed by atoms with Gasteiger partial charge in [-0.25, -0.2) is 22.1 Å². The number of halogens is 1. The third-order valence-corrected chi connectivity index (χ3v) is 10.9. The van der Waals surface area contributed by atoms with E-state index in [2.05, 4.69) is 22.0 Å². The van der Waals surface area contributed by atoms with Gasteiger partial charge in [-0.15, -0.1) is 11.3 Å². The molecule has 2 atom stereocenters. The van der Waals surface area contributed by atoms with Crippen molar-refractivity contribution in [2.45, 2.75) is 49.2 Å². The topological polar surface area (TPSA) is 81.2 Å². The van der Waals surface area contributed by atoms with Crippen LogP contribution >= 0.6 is 11.3 Å². The van der Waals surface area contributed by atoms with Crippen molar-refractivity contribution in [2.24, 2.45) is 0 Å². The molecule has 0 saturated carbocycles. The van der Waals surface area contributed by atoms with Crippen LogP contribution in [0.15, 0.2) is 77.1 Å². The molecule has 1 aromatic heterocycles. The van der Waals surface area contributed by atoms with E-state index < -0.39 is 20.7 Å². The Labute approximate surface area is 255 Å². The van der Waals surface area contributed by atoms with Crippen molar-refractivity contribution in [3.8, 4) is 17.2 Å². The van der Waals surface area contributed by atoms with E-state index in [0.717, 1.165) is 41.4 Å². The van der Waals surface area contributed by atoms with E-state index in [-0.39, 0.29) is 23.8 Å². The first-order chi connectivity index (χ1) is 20.9. The van der Waals surface area contributed by atoms with Gasteiger partial charge in [0.05, 0.1) is 27.4 Å². The van der Waals surface area contributed by atoms with Crippen molar-refractivity contribution in [1.29, 1.82) is 0 Å². The number of rotatable bonds is 9. The average Bonchev–Trinajstić information content (AvgIpc) is 3.58. The fourth-order valence-electron chi connectivity index (χ4n) is 6.12. The summed E-state index contributed by atoms with van der Waals surface area (Å²) in [6.07, 6.45) is 5.42. The van der Waals surface area contributed by atoms with Crippen LogP contribution in [-0.4, -0.2) is 45.7 Å². The molecule has 2 unspecified atom stereocenters. The number of benzene rings is 3. The van der Waals surface area contributed by atoms with Crippen molar-refractivity contribution in [2.75, 3.05) is 31.7 Å². The van der Waals surface area contributed by atoms with Crippen LogP contribution in [-0.2, 0) is 16.6 Å². The minimum Gasteiger partial charge on any atom is -0.497 e. The van der Waals surface area contributed by atoms with E-state index in [9.17, 15) is 8.42 Å². The molecule has 11 heteroatoms. The maximum Gasteiger partial charge on any atom is 0.269 e. The molecule has 1 fully saturated rings. The number of aromatic nitrogens is 1. The highest BCUT2D eigenvalue weighted by atomic mass is 32.2. The number of hydrogen-bond acceptors (Lipinski definition) is 8. The van der Waals surface area contributed by atoms with Gasteiger partial charge in [0.15, 0.2) is 5.13 Å². The summed E-state index contributed by atoms with van der Waals surface area (Å²) < 4.78 is 62.4. The second kappa shape index (κ2) is 12.5. The second-order valence-corrected chi connectivity index (χ2v) is 13.3. The van der Waals surface area contributed by atoms with Crippen molar-refractivity contribution >= 4 is 26.5 Å². The predicted molar refractivity (Wildman–Crippen MR) is 164 cm³/mol. The second-order valence-electron chi connectivity index (χ2n) is 10.6. The Balaban J connectivity index is 1.37. The summed E-state index contributed by atoms with van der Waals surface area (Å²) in [7, 11) is -1.35. The quantitative estimate of drug-likeness (QED) is 0.204. The van der Waals surface area contributed by atoms with Crippen LogP contribution in [0.25, 0.3) is 0 Å². The molecule has 2 aliphatic rings. The SMILES string of the molecule is COc1ccc(CN(c2nccs2)S(=O)(=O)c2cc3c(cc2F)C(N2CCCCC2c2ccccc2)CCO3)c(OC)c1. The van der Waals surface area contributed by atoms with Crippen molar-refractivity contribution in [3.63, 3.8) is 0 Å². The lowest BCUT2D eigenvalue weighted by molar-refractivity contribution is 0.0665. The van der Waals surface area contributed by atoms with Gasteiger partial charge < -0.3 is 14.2 Å². The molecule has 0 amide bonds. The Kier molecular flexibility index (Phi) is 8.56. The highest BCUT2D eigenvalue weighted by Crippen LogP contribution is 2.45. The van der Waals surface area contributed by atoms with Crippen molar-refractivity contribution in [3.05, 3.63) is 94.7 Å². The van der Waals surface area contributed by atoms with Gasteiger partial charge in [0.1, 0.15) is 28.0 Å². The van der Waals surface area contributed by atoms with Gasteiger partial charge in [0.2, 0.25) is 0 Å². The fraction of sp³-hybridized carbons (Fsp3) is 0.344. The summed E-state index contributed by atoms with van der Waals surface area (Å²) in [5.41, 5.74) is 2.50. The number of likely N-dealkylation sites (tertiary alicyclic amines) is 1. The van der Waals surface area contributed by atoms with Gasteiger partial charge >= 0.3 is 0 Å². The third kappa shape index (κ3) is 5.81. The molecule has 0 N–H and O–H groups in total. The first-order valence-corrected chi connectivity index (χ1v) is 16.6. The molecule has 0 radical (unpaired) electrons. The van der Waals surface area contributed by atoms with Crippen LogP contribution in [0.1, 0.15) is 54.5 Å². The first kappa shape index (κ1) is 29.4. The van der Waals surface area contributed by atoms with Crippen molar-refractivity contribution < 1.29 is 27.0 Å². The number of thiazole rings is 1. The lowest BCUT2D eigenvalue weighted by Gasteiger charge is -2.43. The van der Waals surface area contributed by atoms with Crippen molar-refractivity contribution in [1.82, 2.24) is 9.88 Å². The summed E-state index contributed by atoms with van der Waals surface area (Å²) in [6.45, 7) is 1.18. The smallest absolute Gasteiger partial charge is 0.269 e. The Morgan fingerprint density at radius 1 is 1.05 bits per heavy atom. The summed E-state index contributed by atoms with van der Waals surface area (Å²) in [5, 5.41) is 1.90. The number of fused-ring (bicyclic) bond motifs is 1. The van der Waals surface area contributed by atoms with Crippen LogP contribution in [0.4, 0.5) is 9.52 Å². The molecule has 1 saturated heterocycles. The highest BCUT2D eigenvalue weighted by molar-refractivity contribution is 7.93. The number of anilines is 1. The molecule has 0 aliphatic carbocycles. The van der Waals surface area contributed by atoms with Crippen LogP contribution in [0.5, 0.6) is 17.2 Å². The molecule has 3 aromatic carbocycles. The molecule has 0 bridgehead atoms. The minimum atomic E-state index is -4.40. The number of hydrogen-bond donors (Lipinski definition) is 0. The molecule has 0 spiro atoms. The van der Waals surface area contributed by atoms with Gasteiger partial charge in [-0.05, 0) is 43.1 Å². The highest BCUT2D eigenvalue weighted by Gasteiger charge is 2.37. The molecule has 43 heavy (non-hydrogen) atoms. The van der Waals surface area contributed by atoms with Crippen LogP contribution in [0.3, 0.4) is 0 Å². The van der Waals surface area contributed by atoms with E-state index in [1.165, 1.54) is 31.0 Å². The molecule has 8 nitrogen and oxygen atoms in total. The number of ether oxygens (including phenoxy) is 3. The lowest BCUT2D eigenvalue weighted by Crippen LogP contribution is -2.39. The zero-order valence-electron chi connectivity index (χ0n) is 24.1. The van der Waals surface area contributed by atoms with E-state index in [0.29, 0.717) is 41.4 Å². The summed E-state index contributed by atoms with van der Waals surface area (Å²) in [4.78, 5) is 6.25. The standard InChI is InChI=1S/C32H34FN3O5S2/c1-39-24-12-11-23(29(18-24)40-2)21-36(32-34-14-17-42-32)43(37,38)31-20-30-25(19-26(31)33)28(13-16-41-30)35-15-7-6-10-27(35)22-8-4-3-5-9-22/h3-5,8-9,11-12,14,17-20,27-28H,6-7,10,13,15-16,21H2,1-2H3. The third-order valence-electron chi connectivity index (χ3n) is 8.21. The molecule has 226 valence electrons. The van der Waals surface area contributed by atoms with E-state index in [1.54, 1.807) is 30.7 Å². The molecular weight excluding hydrogens is 590 g/mol. The molecule has 3 heterocycles. The first-order valence-electron chi connectivity index (χ1n) is 14.3. The van der Waals surface area contributed by atoms with E-state index >= 15 is 4.39 Å². The fourth-order valence-corrected chi connectivity index (χ4v) is 8.46. The van der Waals surface area contributed by atoms with Gasteiger partial charge in [0, 0.05) is 53.3 Å². The molecule has 6 rings (SSSR count). The monoisotopic (exact) mass is 623 g/mol. The Morgan fingerprint density at radius 3 is 2.63 bits per heavy atom. The number of methoxy groups -OCH3 is 2. The summed E-state index contributed by atoms with van der Waals surface area (Å²) in [5.74, 6) is 0.600. The normalized spacial score (nSPS) is 18.9. The zero-order valence-corrected chi connectivity index (χ0v) is 25.7. The van der Waals surface area contributed by atoms with Crippen LogP contribution in [0.2, 0.25) is 0 Å². The van der Waals surface area contributed by atoms with Gasteiger partial charge in [-0.1, -0.05) is 36.8 Å². The lowest BCUT2D eigenvalue weighted by atomic mass is 9.89. The zero-order chi connectivity index (χ0) is 30.0. The minimum absolute atomic E-state index is 0.0841. The number of piperidine rings is 1. The largest absolute Gasteiger partial charge is 0.497 e. The number of sulfonamides is 1. The Bertz CT molecular complexity index is 1670. The molecular formula is C32H34FN3O5S2. The molecule has 2 aliphatic heterocycles. The summed E-state index contributed by atoms with van der Waals surface area (Å²) in [6, 6.07) is 18.4. The van der Waals surface area contributed by atoms with Gasteiger partial charge in [-0.2, -0.15) is 0 Å².